The maximum absolute atomic E-state index is 13.1. The van der Waals surface area contributed by atoms with Crippen LogP contribution in [0.5, 0.6) is 0 Å². The molecule has 3 aromatic rings. The highest BCUT2D eigenvalue weighted by molar-refractivity contribution is 5.86. The van der Waals surface area contributed by atoms with E-state index in [9.17, 15) is 9.18 Å². The van der Waals surface area contributed by atoms with Crippen LogP contribution in [-0.4, -0.2) is 22.0 Å². The van der Waals surface area contributed by atoms with Gasteiger partial charge in [-0.1, -0.05) is 29.4 Å². The number of rotatable bonds is 5. The Hall–Kier alpha value is -2.69. The van der Waals surface area contributed by atoms with Crippen molar-refractivity contribution in [3.63, 3.8) is 0 Å². The number of fused-ring (bicyclic) bond motifs is 1. The van der Waals surface area contributed by atoms with Crippen LogP contribution >= 0.6 is 0 Å². The number of hydrogen-bond donors (Lipinski definition) is 0. The van der Waals surface area contributed by atoms with Gasteiger partial charge in [0.25, 0.3) is 0 Å². The molecule has 4 rings (SSSR count). The molecule has 1 aliphatic carbocycles. The number of carbonyl (C=O) groups excluding carboxylic acids is 1. The van der Waals surface area contributed by atoms with Gasteiger partial charge < -0.3 is 9.42 Å². The number of halogens is 1. The van der Waals surface area contributed by atoms with Crippen molar-refractivity contribution in [3.05, 3.63) is 65.6 Å². The Morgan fingerprint density at radius 1 is 1.17 bits per heavy atom. The predicted octanol–water partition coefficient (Wildman–Crippen LogP) is 3.70. The smallest absolute Gasteiger partial charge is 0.229 e. The Labute approximate surface area is 138 Å². The number of amides is 1. The van der Waals surface area contributed by atoms with Crippen LogP contribution in [0.1, 0.15) is 24.1 Å². The second-order valence-corrected chi connectivity index (χ2v) is 6.18. The first-order valence-corrected chi connectivity index (χ1v) is 8.08. The van der Waals surface area contributed by atoms with Crippen LogP contribution in [0.3, 0.4) is 0 Å². The van der Waals surface area contributed by atoms with E-state index in [2.05, 4.69) is 5.16 Å². The molecule has 1 heterocycles. The summed E-state index contributed by atoms with van der Waals surface area (Å²) in [5, 5.41) is 4.92. The van der Waals surface area contributed by atoms with E-state index in [1.807, 2.05) is 29.2 Å². The van der Waals surface area contributed by atoms with E-state index in [0.717, 1.165) is 23.8 Å². The Bertz CT molecular complexity index is 868. The number of para-hydroxylation sites is 1. The van der Waals surface area contributed by atoms with Gasteiger partial charge in [0.2, 0.25) is 5.91 Å². The zero-order chi connectivity index (χ0) is 16.5. The molecule has 0 bridgehead atoms. The van der Waals surface area contributed by atoms with Crippen molar-refractivity contribution in [2.75, 3.05) is 0 Å². The van der Waals surface area contributed by atoms with Crippen molar-refractivity contribution < 1.29 is 13.7 Å². The third-order valence-corrected chi connectivity index (χ3v) is 4.34. The normalized spacial score (nSPS) is 14.0. The molecule has 1 fully saturated rings. The van der Waals surface area contributed by atoms with Crippen molar-refractivity contribution in [1.29, 1.82) is 0 Å². The molecule has 0 atom stereocenters. The minimum Gasteiger partial charge on any atom is -0.356 e. The van der Waals surface area contributed by atoms with E-state index in [1.54, 1.807) is 12.1 Å². The highest BCUT2D eigenvalue weighted by atomic mass is 19.1. The molecular formula is C19H17FN2O2. The largest absolute Gasteiger partial charge is 0.356 e. The third-order valence-electron chi connectivity index (χ3n) is 4.34. The Morgan fingerprint density at radius 3 is 2.67 bits per heavy atom. The van der Waals surface area contributed by atoms with Crippen LogP contribution in [0.2, 0.25) is 0 Å². The van der Waals surface area contributed by atoms with Gasteiger partial charge in [-0.05, 0) is 42.7 Å². The van der Waals surface area contributed by atoms with E-state index in [1.165, 1.54) is 12.1 Å². The average molecular weight is 324 g/mol. The fourth-order valence-electron chi connectivity index (χ4n) is 2.90. The van der Waals surface area contributed by atoms with Crippen molar-refractivity contribution in [2.24, 2.45) is 0 Å². The molecule has 0 spiro atoms. The predicted molar refractivity (Wildman–Crippen MR) is 87.7 cm³/mol. The highest BCUT2D eigenvalue weighted by Crippen LogP contribution is 2.29. The second kappa shape index (κ2) is 6.07. The minimum absolute atomic E-state index is 0.0286. The number of hydrogen-bond acceptors (Lipinski definition) is 3. The van der Waals surface area contributed by atoms with E-state index in [4.69, 9.17) is 4.52 Å². The molecule has 2 aromatic carbocycles. The molecule has 24 heavy (non-hydrogen) atoms. The van der Waals surface area contributed by atoms with Gasteiger partial charge >= 0.3 is 0 Å². The first kappa shape index (κ1) is 14.9. The Balaban J connectivity index is 1.53. The molecule has 0 N–H and O–H groups in total. The number of aromatic nitrogens is 1. The van der Waals surface area contributed by atoms with Crippen LogP contribution < -0.4 is 0 Å². The lowest BCUT2D eigenvalue weighted by molar-refractivity contribution is -0.131. The summed E-state index contributed by atoms with van der Waals surface area (Å²) in [5.41, 5.74) is 2.29. The average Bonchev–Trinajstić information content (AvgIpc) is 3.36. The highest BCUT2D eigenvalue weighted by Gasteiger charge is 2.33. The van der Waals surface area contributed by atoms with E-state index >= 15 is 0 Å². The summed E-state index contributed by atoms with van der Waals surface area (Å²) in [4.78, 5) is 14.6. The first-order valence-electron chi connectivity index (χ1n) is 8.08. The summed E-state index contributed by atoms with van der Waals surface area (Å²) in [6.45, 7) is 0.500. The molecule has 0 unspecified atom stereocenters. The Morgan fingerprint density at radius 2 is 1.92 bits per heavy atom. The summed E-state index contributed by atoms with van der Waals surface area (Å²) in [5.74, 6) is -0.238. The molecule has 0 radical (unpaired) electrons. The molecule has 0 aliphatic heterocycles. The SMILES string of the molecule is O=C(Cc1noc2ccccc12)N(Cc1ccc(F)cc1)C1CC1. The molecule has 4 nitrogen and oxygen atoms in total. The molecule has 1 aromatic heterocycles. The van der Waals surface area contributed by atoms with Gasteiger partial charge in [-0.15, -0.1) is 0 Å². The van der Waals surface area contributed by atoms with Crippen LogP contribution in [0, 0.1) is 5.82 Å². The summed E-state index contributed by atoms with van der Waals surface area (Å²) in [7, 11) is 0. The zero-order valence-corrected chi connectivity index (χ0v) is 13.1. The quantitative estimate of drug-likeness (QED) is 0.719. The molecule has 0 saturated heterocycles. The topological polar surface area (TPSA) is 46.3 Å². The van der Waals surface area contributed by atoms with Gasteiger partial charge in [0.15, 0.2) is 5.58 Å². The standard InChI is InChI=1S/C19H17FN2O2/c20-14-7-5-13(6-8-14)12-22(15-9-10-15)19(23)11-17-16-3-1-2-4-18(16)24-21-17/h1-8,15H,9-12H2. The van der Waals surface area contributed by atoms with Crippen molar-refractivity contribution in [3.8, 4) is 0 Å². The van der Waals surface area contributed by atoms with Crippen molar-refractivity contribution in [1.82, 2.24) is 10.1 Å². The fourth-order valence-corrected chi connectivity index (χ4v) is 2.90. The lowest BCUT2D eigenvalue weighted by Crippen LogP contribution is -2.33. The van der Waals surface area contributed by atoms with Crippen LogP contribution in [-0.2, 0) is 17.8 Å². The van der Waals surface area contributed by atoms with E-state index < -0.39 is 0 Å². The summed E-state index contributed by atoms with van der Waals surface area (Å²) in [6, 6.07) is 14.1. The van der Waals surface area contributed by atoms with Gasteiger partial charge in [-0.25, -0.2) is 4.39 Å². The summed E-state index contributed by atoms with van der Waals surface area (Å²) in [6.07, 6.45) is 2.26. The van der Waals surface area contributed by atoms with Crippen LogP contribution in [0.25, 0.3) is 11.0 Å². The van der Waals surface area contributed by atoms with Gasteiger partial charge in [0.1, 0.15) is 11.5 Å². The second-order valence-electron chi connectivity index (χ2n) is 6.18. The molecular weight excluding hydrogens is 307 g/mol. The first-order chi connectivity index (χ1) is 11.7. The van der Waals surface area contributed by atoms with Gasteiger partial charge in [-0.3, -0.25) is 4.79 Å². The monoisotopic (exact) mass is 324 g/mol. The summed E-state index contributed by atoms with van der Waals surface area (Å²) < 4.78 is 18.3. The molecule has 5 heteroatoms. The third kappa shape index (κ3) is 3.02. The van der Waals surface area contributed by atoms with E-state index in [0.29, 0.717) is 17.8 Å². The van der Waals surface area contributed by atoms with Crippen molar-refractivity contribution in [2.45, 2.75) is 31.8 Å². The molecule has 1 amide bonds. The maximum Gasteiger partial charge on any atom is 0.229 e. The van der Waals surface area contributed by atoms with E-state index in [-0.39, 0.29) is 24.2 Å². The minimum atomic E-state index is -0.267. The zero-order valence-electron chi connectivity index (χ0n) is 13.1. The fraction of sp³-hybridized carbons (Fsp3) is 0.263. The van der Waals surface area contributed by atoms with Crippen LogP contribution in [0.15, 0.2) is 53.1 Å². The van der Waals surface area contributed by atoms with Gasteiger partial charge in [0.05, 0.1) is 6.42 Å². The summed E-state index contributed by atoms with van der Waals surface area (Å²) >= 11 is 0. The van der Waals surface area contributed by atoms with Gasteiger partial charge in [0, 0.05) is 18.0 Å². The van der Waals surface area contributed by atoms with Crippen LogP contribution in [0.4, 0.5) is 4.39 Å². The van der Waals surface area contributed by atoms with Crippen molar-refractivity contribution >= 4 is 16.9 Å². The lowest BCUT2D eigenvalue weighted by atomic mass is 10.1. The molecule has 1 aliphatic rings. The Kier molecular flexibility index (Phi) is 3.76. The van der Waals surface area contributed by atoms with Gasteiger partial charge in [-0.2, -0.15) is 0 Å². The molecule has 122 valence electrons. The number of benzene rings is 2. The number of nitrogens with zero attached hydrogens (tertiary/aromatic N) is 2. The maximum atomic E-state index is 13.1. The number of carbonyl (C=O) groups is 1. The lowest BCUT2D eigenvalue weighted by Gasteiger charge is -2.22. The molecule has 1 saturated carbocycles.